The van der Waals surface area contributed by atoms with Gasteiger partial charge in [0.25, 0.3) is 0 Å². The molecule has 0 spiro atoms. The summed E-state index contributed by atoms with van der Waals surface area (Å²) in [5, 5.41) is 3.03. The maximum absolute atomic E-state index is 13.7. The van der Waals surface area contributed by atoms with E-state index < -0.39 is 11.6 Å². The van der Waals surface area contributed by atoms with Crippen LogP contribution < -0.4 is 10.1 Å². The molecule has 0 aliphatic rings. The number of rotatable bonds is 8. The molecule has 0 radical (unpaired) electrons. The second-order valence-corrected chi connectivity index (χ2v) is 4.76. The van der Waals surface area contributed by atoms with Crippen LogP contribution in [0, 0.1) is 17.6 Å². The summed E-state index contributed by atoms with van der Waals surface area (Å²) in [6.07, 6.45) is 0. The van der Waals surface area contributed by atoms with Gasteiger partial charge in [-0.1, -0.05) is 13.8 Å². The molecule has 0 aliphatic heterocycles. The number of halogens is 2. The first kappa shape index (κ1) is 15.9. The molecule has 0 unspecified atom stereocenters. The Kier molecular flexibility index (Phi) is 6.73. The molecule has 1 N–H and O–H groups in total. The Morgan fingerprint density at radius 3 is 2.37 bits per heavy atom. The lowest BCUT2D eigenvalue weighted by molar-refractivity contribution is 0.199. The van der Waals surface area contributed by atoms with Crippen LogP contribution in [0.4, 0.5) is 8.78 Å². The van der Waals surface area contributed by atoms with Gasteiger partial charge in [-0.15, -0.1) is 0 Å². The molecule has 0 saturated heterocycles. The van der Waals surface area contributed by atoms with Crippen LogP contribution in [0.3, 0.4) is 0 Å². The summed E-state index contributed by atoms with van der Waals surface area (Å²) in [4.78, 5) is 0. The molecule has 0 aromatic heterocycles. The van der Waals surface area contributed by atoms with Crippen LogP contribution in [-0.4, -0.2) is 26.9 Å². The largest absolute Gasteiger partial charge is 0.487 e. The Hall–Kier alpha value is -1.20. The fourth-order valence-corrected chi connectivity index (χ4v) is 1.51. The number of ether oxygens (including phenoxy) is 2. The smallest absolute Gasteiger partial charge is 0.190 e. The third-order valence-corrected chi connectivity index (χ3v) is 2.43. The zero-order valence-electron chi connectivity index (χ0n) is 11.6. The number of hydrogen-bond acceptors (Lipinski definition) is 3. The van der Waals surface area contributed by atoms with Crippen LogP contribution in [0.1, 0.15) is 19.4 Å². The SMILES string of the molecule is COCCNCc1cc(F)c(OCC(C)C)c(F)c1. The van der Waals surface area contributed by atoms with Gasteiger partial charge in [0, 0.05) is 20.2 Å². The Bertz CT molecular complexity index is 374. The maximum atomic E-state index is 13.7. The van der Waals surface area contributed by atoms with Crippen molar-refractivity contribution in [2.45, 2.75) is 20.4 Å². The van der Waals surface area contributed by atoms with Gasteiger partial charge in [-0.3, -0.25) is 0 Å². The molecule has 108 valence electrons. The fourth-order valence-electron chi connectivity index (χ4n) is 1.51. The Morgan fingerprint density at radius 2 is 1.84 bits per heavy atom. The van der Waals surface area contributed by atoms with Gasteiger partial charge in [-0.05, 0) is 23.6 Å². The lowest BCUT2D eigenvalue weighted by Crippen LogP contribution is -2.19. The van der Waals surface area contributed by atoms with E-state index in [1.807, 2.05) is 13.8 Å². The Labute approximate surface area is 112 Å². The summed E-state index contributed by atoms with van der Waals surface area (Å²) in [6, 6.07) is 2.58. The molecule has 1 aromatic rings. The summed E-state index contributed by atoms with van der Waals surface area (Å²) < 4.78 is 37.4. The molecule has 1 aromatic carbocycles. The van der Waals surface area contributed by atoms with Gasteiger partial charge in [-0.25, -0.2) is 8.78 Å². The summed E-state index contributed by atoms with van der Waals surface area (Å²) in [5.41, 5.74) is 0.544. The summed E-state index contributed by atoms with van der Waals surface area (Å²) in [5.74, 6) is -1.41. The highest BCUT2D eigenvalue weighted by Crippen LogP contribution is 2.23. The number of hydrogen-bond donors (Lipinski definition) is 1. The molecule has 19 heavy (non-hydrogen) atoms. The normalized spacial score (nSPS) is 11.1. The van der Waals surface area contributed by atoms with Crippen molar-refractivity contribution >= 4 is 0 Å². The van der Waals surface area contributed by atoms with Crippen molar-refractivity contribution in [3.05, 3.63) is 29.3 Å². The lowest BCUT2D eigenvalue weighted by atomic mass is 10.2. The van der Waals surface area contributed by atoms with Gasteiger partial charge < -0.3 is 14.8 Å². The second kappa shape index (κ2) is 8.07. The monoisotopic (exact) mass is 273 g/mol. The molecule has 0 bridgehead atoms. The molecule has 5 heteroatoms. The molecule has 0 fully saturated rings. The molecule has 0 amide bonds. The van der Waals surface area contributed by atoms with Gasteiger partial charge >= 0.3 is 0 Å². The second-order valence-electron chi connectivity index (χ2n) is 4.76. The van der Waals surface area contributed by atoms with E-state index in [4.69, 9.17) is 9.47 Å². The predicted molar refractivity (Wildman–Crippen MR) is 70.3 cm³/mol. The van der Waals surface area contributed by atoms with E-state index in [0.29, 0.717) is 31.9 Å². The standard InChI is InChI=1S/C14H21F2NO2/c1-10(2)9-19-14-12(15)6-11(7-13(14)16)8-17-4-5-18-3/h6-7,10,17H,4-5,8-9H2,1-3H3. The maximum Gasteiger partial charge on any atom is 0.190 e. The average molecular weight is 273 g/mol. The third kappa shape index (κ3) is 5.53. The molecule has 0 heterocycles. The van der Waals surface area contributed by atoms with E-state index in [2.05, 4.69) is 5.32 Å². The topological polar surface area (TPSA) is 30.5 Å². The van der Waals surface area contributed by atoms with E-state index in [-0.39, 0.29) is 11.7 Å². The summed E-state index contributed by atoms with van der Waals surface area (Å²) in [6.45, 7) is 5.71. The van der Waals surface area contributed by atoms with E-state index >= 15 is 0 Å². The number of nitrogens with one attached hydrogen (secondary N) is 1. The Balaban J connectivity index is 2.62. The molecule has 3 nitrogen and oxygen atoms in total. The zero-order chi connectivity index (χ0) is 14.3. The third-order valence-electron chi connectivity index (χ3n) is 2.43. The molecular formula is C14H21F2NO2. The van der Waals surface area contributed by atoms with Crippen LogP contribution in [-0.2, 0) is 11.3 Å². The fraction of sp³-hybridized carbons (Fsp3) is 0.571. The molecular weight excluding hydrogens is 252 g/mol. The van der Waals surface area contributed by atoms with Crippen LogP contribution in [0.2, 0.25) is 0 Å². The minimum Gasteiger partial charge on any atom is -0.487 e. The minimum absolute atomic E-state index is 0.217. The minimum atomic E-state index is -0.663. The molecule has 0 atom stereocenters. The quantitative estimate of drug-likeness (QED) is 0.739. The van der Waals surface area contributed by atoms with E-state index in [9.17, 15) is 8.78 Å². The van der Waals surface area contributed by atoms with E-state index in [1.54, 1.807) is 7.11 Å². The molecule has 1 rings (SSSR count). The van der Waals surface area contributed by atoms with E-state index in [1.165, 1.54) is 12.1 Å². The van der Waals surface area contributed by atoms with E-state index in [0.717, 1.165) is 0 Å². The van der Waals surface area contributed by atoms with Gasteiger partial charge in [0.05, 0.1) is 13.2 Å². The molecule has 0 aliphatic carbocycles. The van der Waals surface area contributed by atoms with Crippen molar-refractivity contribution in [1.82, 2.24) is 5.32 Å². The van der Waals surface area contributed by atoms with Gasteiger partial charge in [-0.2, -0.15) is 0 Å². The summed E-state index contributed by atoms with van der Waals surface area (Å²) in [7, 11) is 1.60. The van der Waals surface area contributed by atoms with Gasteiger partial charge in [0.1, 0.15) is 0 Å². The first-order valence-corrected chi connectivity index (χ1v) is 6.35. The first-order chi connectivity index (χ1) is 9.04. The van der Waals surface area contributed by atoms with Gasteiger partial charge in [0.2, 0.25) is 0 Å². The van der Waals surface area contributed by atoms with Crippen molar-refractivity contribution in [3.63, 3.8) is 0 Å². The Morgan fingerprint density at radius 1 is 1.21 bits per heavy atom. The van der Waals surface area contributed by atoms with Crippen LogP contribution >= 0.6 is 0 Å². The summed E-state index contributed by atoms with van der Waals surface area (Å²) >= 11 is 0. The van der Waals surface area contributed by atoms with Crippen LogP contribution in [0.5, 0.6) is 5.75 Å². The van der Waals surface area contributed by atoms with Crippen LogP contribution in [0.25, 0.3) is 0 Å². The van der Waals surface area contributed by atoms with Crippen LogP contribution in [0.15, 0.2) is 12.1 Å². The lowest BCUT2D eigenvalue weighted by Gasteiger charge is -2.12. The van der Waals surface area contributed by atoms with Gasteiger partial charge in [0.15, 0.2) is 17.4 Å². The van der Waals surface area contributed by atoms with Crippen molar-refractivity contribution in [1.29, 1.82) is 0 Å². The number of methoxy groups -OCH3 is 1. The highest BCUT2D eigenvalue weighted by molar-refractivity contribution is 5.31. The van der Waals surface area contributed by atoms with Crippen molar-refractivity contribution < 1.29 is 18.3 Å². The predicted octanol–water partition coefficient (Wildman–Crippen LogP) is 2.74. The highest BCUT2D eigenvalue weighted by Gasteiger charge is 2.13. The average Bonchev–Trinajstić information content (AvgIpc) is 2.33. The number of benzene rings is 1. The van der Waals surface area contributed by atoms with Crippen molar-refractivity contribution in [2.75, 3.05) is 26.9 Å². The first-order valence-electron chi connectivity index (χ1n) is 6.35. The highest BCUT2D eigenvalue weighted by atomic mass is 19.1. The zero-order valence-corrected chi connectivity index (χ0v) is 11.6. The van der Waals surface area contributed by atoms with Crippen molar-refractivity contribution in [3.8, 4) is 5.75 Å². The van der Waals surface area contributed by atoms with Crippen molar-refractivity contribution in [2.24, 2.45) is 5.92 Å². The molecule has 0 saturated carbocycles.